The first kappa shape index (κ1) is 11.5. The highest BCUT2D eigenvalue weighted by Crippen LogP contribution is 2.32. The van der Waals surface area contributed by atoms with Gasteiger partial charge in [-0.3, -0.25) is 0 Å². The molecule has 2 aromatic heterocycles. The summed E-state index contributed by atoms with van der Waals surface area (Å²) in [6.07, 6.45) is 7.70. The van der Waals surface area contributed by atoms with Gasteiger partial charge in [0.15, 0.2) is 5.76 Å². The van der Waals surface area contributed by atoms with E-state index in [9.17, 15) is 0 Å². The molecule has 0 aromatic carbocycles. The van der Waals surface area contributed by atoms with E-state index in [-0.39, 0.29) is 6.04 Å². The lowest BCUT2D eigenvalue weighted by Crippen LogP contribution is -2.23. The van der Waals surface area contributed by atoms with E-state index < -0.39 is 0 Å². The summed E-state index contributed by atoms with van der Waals surface area (Å²) < 4.78 is 10.5. The van der Waals surface area contributed by atoms with Crippen molar-refractivity contribution in [1.29, 1.82) is 0 Å². The predicted octanol–water partition coefficient (Wildman–Crippen LogP) is 2.91. The van der Waals surface area contributed by atoms with Crippen molar-refractivity contribution in [2.45, 2.75) is 38.1 Å². The molecule has 96 valence electrons. The van der Waals surface area contributed by atoms with Crippen LogP contribution < -0.4 is 5.73 Å². The van der Waals surface area contributed by atoms with Gasteiger partial charge in [-0.15, -0.1) is 0 Å². The van der Waals surface area contributed by atoms with Gasteiger partial charge in [0.2, 0.25) is 11.7 Å². The van der Waals surface area contributed by atoms with Crippen molar-refractivity contribution in [2.75, 3.05) is 0 Å². The Balaban J connectivity index is 1.76. The van der Waals surface area contributed by atoms with Gasteiger partial charge in [-0.2, -0.15) is 4.98 Å². The Bertz CT molecular complexity index is 486. The third-order valence-corrected chi connectivity index (χ3v) is 3.63. The Morgan fingerprint density at radius 3 is 2.83 bits per heavy atom. The maximum absolute atomic E-state index is 6.21. The van der Waals surface area contributed by atoms with E-state index in [1.807, 2.05) is 0 Å². The molecular weight excluding hydrogens is 230 g/mol. The fraction of sp³-hybridized carbons (Fsp3) is 0.538. The van der Waals surface area contributed by atoms with Crippen LogP contribution in [0.25, 0.3) is 11.6 Å². The predicted molar refractivity (Wildman–Crippen MR) is 65.5 cm³/mol. The lowest BCUT2D eigenvalue weighted by molar-refractivity contribution is 0.255. The molecule has 5 heteroatoms. The highest BCUT2D eigenvalue weighted by molar-refractivity contribution is 5.44. The van der Waals surface area contributed by atoms with Crippen LogP contribution in [0.1, 0.15) is 44.0 Å². The monoisotopic (exact) mass is 247 g/mol. The Morgan fingerprint density at radius 1 is 1.28 bits per heavy atom. The number of furan rings is 1. The summed E-state index contributed by atoms with van der Waals surface area (Å²) in [6, 6.07) is 3.45. The number of nitrogens with zero attached hydrogens (tertiary/aromatic N) is 2. The van der Waals surface area contributed by atoms with Crippen LogP contribution in [-0.4, -0.2) is 10.1 Å². The normalized spacial score (nSPS) is 18.9. The summed E-state index contributed by atoms with van der Waals surface area (Å²) in [4.78, 5) is 4.33. The molecule has 1 aliphatic carbocycles. The van der Waals surface area contributed by atoms with E-state index in [1.54, 1.807) is 18.4 Å². The minimum atomic E-state index is -0.151. The third-order valence-electron chi connectivity index (χ3n) is 3.63. The van der Waals surface area contributed by atoms with Crippen molar-refractivity contribution in [3.05, 3.63) is 24.3 Å². The van der Waals surface area contributed by atoms with Gasteiger partial charge in [0.05, 0.1) is 12.3 Å². The van der Waals surface area contributed by atoms with Crippen LogP contribution in [0.15, 0.2) is 27.3 Å². The summed E-state index contributed by atoms with van der Waals surface area (Å²) in [6.45, 7) is 0. The number of hydrogen-bond donors (Lipinski definition) is 1. The molecule has 0 amide bonds. The molecule has 1 aliphatic rings. The van der Waals surface area contributed by atoms with Crippen molar-refractivity contribution in [3.63, 3.8) is 0 Å². The fourth-order valence-corrected chi connectivity index (χ4v) is 2.57. The highest BCUT2D eigenvalue weighted by Gasteiger charge is 2.26. The average molecular weight is 247 g/mol. The number of nitrogens with two attached hydrogens (primary N) is 1. The maximum Gasteiger partial charge on any atom is 0.244 e. The molecule has 5 nitrogen and oxygen atoms in total. The minimum Gasteiger partial charge on any atom is -0.461 e. The number of aromatic nitrogens is 2. The molecule has 1 unspecified atom stereocenters. The molecule has 0 spiro atoms. The first-order valence-electron chi connectivity index (χ1n) is 6.47. The second-order valence-electron chi connectivity index (χ2n) is 4.86. The zero-order valence-electron chi connectivity index (χ0n) is 10.2. The van der Waals surface area contributed by atoms with E-state index >= 15 is 0 Å². The van der Waals surface area contributed by atoms with Crippen LogP contribution in [0, 0.1) is 5.92 Å². The van der Waals surface area contributed by atoms with E-state index in [2.05, 4.69) is 10.1 Å². The standard InChI is InChI=1S/C13H17N3O2/c14-11(9-5-2-1-3-6-9)13-15-12(16-18-13)10-7-4-8-17-10/h4,7-9,11H,1-3,5-6,14H2. The van der Waals surface area contributed by atoms with E-state index in [4.69, 9.17) is 14.7 Å². The maximum atomic E-state index is 6.21. The van der Waals surface area contributed by atoms with Crippen molar-refractivity contribution < 1.29 is 8.94 Å². The molecule has 2 aromatic rings. The highest BCUT2D eigenvalue weighted by atomic mass is 16.5. The lowest BCUT2D eigenvalue weighted by atomic mass is 9.84. The summed E-state index contributed by atoms with van der Waals surface area (Å²) >= 11 is 0. The smallest absolute Gasteiger partial charge is 0.244 e. The summed E-state index contributed by atoms with van der Waals surface area (Å²) in [7, 11) is 0. The molecule has 2 N–H and O–H groups in total. The molecule has 0 radical (unpaired) electrons. The number of hydrogen-bond acceptors (Lipinski definition) is 5. The first-order chi connectivity index (χ1) is 8.84. The van der Waals surface area contributed by atoms with E-state index in [0.29, 0.717) is 23.4 Å². The quantitative estimate of drug-likeness (QED) is 0.902. The van der Waals surface area contributed by atoms with Crippen LogP contribution in [-0.2, 0) is 0 Å². The van der Waals surface area contributed by atoms with Gasteiger partial charge in [-0.1, -0.05) is 24.4 Å². The Kier molecular flexibility index (Phi) is 3.15. The fourth-order valence-electron chi connectivity index (χ4n) is 2.57. The van der Waals surface area contributed by atoms with Crippen molar-refractivity contribution >= 4 is 0 Å². The molecular formula is C13H17N3O2. The van der Waals surface area contributed by atoms with Gasteiger partial charge >= 0.3 is 0 Å². The average Bonchev–Trinajstić information content (AvgIpc) is 3.09. The topological polar surface area (TPSA) is 78.1 Å². The van der Waals surface area contributed by atoms with Gasteiger partial charge in [0.25, 0.3) is 0 Å². The molecule has 3 rings (SSSR count). The van der Waals surface area contributed by atoms with Gasteiger partial charge < -0.3 is 14.7 Å². The summed E-state index contributed by atoms with van der Waals surface area (Å²) in [5.41, 5.74) is 6.21. The lowest BCUT2D eigenvalue weighted by Gasteiger charge is -2.24. The van der Waals surface area contributed by atoms with Crippen molar-refractivity contribution in [2.24, 2.45) is 11.7 Å². The van der Waals surface area contributed by atoms with Gasteiger partial charge in [0, 0.05) is 0 Å². The number of rotatable bonds is 3. The van der Waals surface area contributed by atoms with Crippen LogP contribution in [0.4, 0.5) is 0 Å². The van der Waals surface area contributed by atoms with Crippen LogP contribution >= 0.6 is 0 Å². The van der Waals surface area contributed by atoms with Crippen LogP contribution in [0.5, 0.6) is 0 Å². The van der Waals surface area contributed by atoms with E-state index in [1.165, 1.54) is 19.3 Å². The Morgan fingerprint density at radius 2 is 2.11 bits per heavy atom. The third kappa shape index (κ3) is 2.18. The van der Waals surface area contributed by atoms with Gasteiger partial charge in [0.1, 0.15) is 0 Å². The van der Waals surface area contributed by atoms with E-state index in [0.717, 1.165) is 12.8 Å². The Labute approximate surface area is 105 Å². The summed E-state index contributed by atoms with van der Waals surface area (Å²) in [5.74, 6) is 2.07. The molecule has 2 heterocycles. The second kappa shape index (κ2) is 4.94. The SMILES string of the molecule is NC(c1nc(-c2ccco2)no1)C1CCCCC1. The molecule has 1 fully saturated rings. The summed E-state index contributed by atoms with van der Waals surface area (Å²) in [5, 5.41) is 3.91. The zero-order chi connectivity index (χ0) is 12.4. The Hall–Kier alpha value is -1.62. The molecule has 1 atom stereocenters. The second-order valence-corrected chi connectivity index (χ2v) is 4.86. The molecule has 0 aliphatic heterocycles. The van der Waals surface area contributed by atoms with Gasteiger partial charge in [-0.05, 0) is 30.9 Å². The molecule has 0 bridgehead atoms. The largest absolute Gasteiger partial charge is 0.461 e. The minimum absolute atomic E-state index is 0.151. The van der Waals surface area contributed by atoms with Gasteiger partial charge in [-0.25, -0.2) is 0 Å². The molecule has 1 saturated carbocycles. The first-order valence-corrected chi connectivity index (χ1v) is 6.47. The molecule has 0 saturated heterocycles. The van der Waals surface area contributed by atoms with Crippen molar-refractivity contribution in [1.82, 2.24) is 10.1 Å². The zero-order valence-corrected chi connectivity index (χ0v) is 10.2. The van der Waals surface area contributed by atoms with Crippen LogP contribution in [0.2, 0.25) is 0 Å². The van der Waals surface area contributed by atoms with Crippen LogP contribution in [0.3, 0.4) is 0 Å². The molecule has 18 heavy (non-hydrogen) atoms. The van der Waals surface area contributed by atoms with Crippen molar-refractivity contribution in [3.8, 4) is 11.6 Å².